The van der Waals surface area contributed by atoms with E-state index < -0.39 is 0 Å². The molecule has 0 saturated carbocycles. The number of rotatable bonds is 1. The van der Waals surface area contributed by atoms with Crippen molar-refractivity contribution >= 4 is 33.8 Å². The lowest BCUT2D eigenvalue weighted by Crippen LogP contribution is -1.94. The number of fused-ring (bicyclic) bond motifs is 1. The van der Waals surface area contributed by atoms with Crippen LogP contribution < -0.4 is 5.73 Å². The van der Waals surface area contributed by atoms with Gasteiger partial charge < -0.3 is 5.73 Å². The third-order valence-electron chi connectivity index (χ3n) is 1.84. The molecule has 0 bridgehead atoms. The van der Waals surface area contributed by atoms with Crippen LogP contribution in [0.5, 0.6) is 0 Å². The Bertz CT molecular complexity index is 413. The van der Waals surface area contributed by atoms with Crippen molar-refractivity contribution in [1.82, 2.24) is 0 Å². The monoisotopic (exact) mass is 217 g/mol. The minimum absolute atomic E-state index is 0. The zero-order valence-corrected chi connectivity index (χ0v) is 8.42. The fraction of sp³-hybridized carbons (Fsp3) is 0.111. The Morgan fingerprint density at radius 2 is 2.15 bits per heavy atom. The van der Waals surface area contributed by atoms with Gasteiger partial charge in [-0.25, -0.2) is 4.39 Å². The van der Waals surface area contributed by atoms with E-state index in [1.165, 1.54) is 17.4 Å². The molecule has 1 aromatic carbocycles. The van der Waals surface area contributed by atoms with Gasteiger partial charge in [-0.2, -0.15) is 0 Å². The van der Waals surface area contributed by atoms with Crippen LogP contribution in [0.4, 0.5) is 4.39 Å². The van der Waals surface area contributed by atoms with Crippen molar-refractivity contribution in [2.45, 2.75) is 6.54 Å². The van der Waals surface area contributed by atoms with E-state index in [2.05, 4.69) is 0 Å². The number of nitrogens with two attached hydrogens (primary N) is 1. The van der Waals surface area contributed by atoms with Gasteiger partial charge in [-0.1, -0.05) is 6.07 Å². The largest absolute Gasteiger partial charge is 0.326 e. The van der Waals surface area contributed by atoms with E-state index >= 15 is 0 Å². The smallest absolute Gasteiger partial charge is 0.132 e. The Balaban J connectivity index is 0.000000845. The lowest BCUT2D eigenvalue weighted by atomic mass is 10.2. The molecule has 0 spiro atoms. The third-order valence-corrected chi connectivity index (χ3v) is 2.84. The van der Waals surface area contributed by atoms with Crippen LogP contribution in [0.15, 0.2) is 23.6 Å². The van der Waals surface area contributed by atoms with Crippen LogP contribution in [0.3, 0.4) is 0 Å². The Morgan fingerprint density at radius 3 is 2.85 bits per heavy atom. The van der Waals surface area contributed by atoms with Gasteiger partial charge in [-0.3, -0.25) is 0 Å². The van der Waals surface area contributed by atoms with Crippen molar-refractivity contribution in [2.24, 2.45) is 5.73 Å². The summed E-state index contributed by atoms with van der Waals surface area (Å²) in [6.07, 6.45) is 0. The van der Waals surface area contributed by atoms with Gasteiger partial charge in [-0.15, -0.1) is 23.7 Å². The number of thiophene rings is 1. The Labute approximate surface area is 85.8 Å². The number of halogens is 2. The van der Waals surface area contributed by atoms with Crippen LogP contribution in [0.25, 0.3) is 10.1 Å². The second-order valence-corrected chi connectivity index (χ2v) is 3.49. The van der Waals surface area contributed by atoms with E-state index in [-0.39, 0.29) is 18.2 Å². The molecule has 0 saturated heterocycles. The first-order chi connectivity index (χ1) is 5.83. The van der Waals surface area contributed by atoms with Gasteiger partial charge in [0.2, 0.25) is 0 Å². The van der Waals surface area contributed by atoms with Gasteiger partial charge in [0, 0.05) is 16.6 Å². The lowest BCUT2D eigenvalue weighted by Gasteiger charge is -1.94. The highest BCUT2D eigenvalue weighted by molar-refractivity contribution is 7.17. The minimum Gasteiger partial charge on any atom is -0.326 e. The minimum atomic E-state index is -0.172. The van der Waals surface area contributed by atoms with Crippen LogP contribution in [0, 0.1) is 5.82 Å². The molecule has 0 fully saturated rings. The fourth-order valence-electron chi connectivity index (χ4n) is 1.26. The average Bonchev–Trinajstić information content (AvgIpc) is 2.49. The van der Waals surface area contributed by atoms with E-state index in [9.17, 15) is 4.39 Å². The van der Waals surface area contributed by atoms with Gasteiger partial charge >= 0.3 is 0 Å². The zero-order chi connectivity index (χ0) is 8.55. The molecule has 70 valence electrons. The quantitative estimate of drug-likeness (QED) is 0.781. The second kappa shape index (κ2) is 4.05. The summed E-state index contributed by atoms with van der Waals surface area (Å²) in [5, 5.41) is 2.60. The first-order valence-electron chi connectivity index (χ1n) is 3.67. The van der Waals surface area contributed by atoms with E-state index in [0.717, 1.165) is 10.3 Å². The molecule has 1 nitrogen and oxygen atoms in total. The van der Waals surface area contributed by atoms with Gasteiger partial charge in [0.1, 0.15) is 5.82 Å². The maximum atomic E-state index is 13.2. The fourth-order valence-corrected chi connectivity index (χ4v) is 2.24. The van der Waals surface area contributed by atoms with Gasteiger partial charge in [0.15, 0.2) is 0 Å². The highest BCUT2D eigenvalue weighted by Gasteiger charge is 2.06. The molecule has 4 heteroatoms. The molecule has 0 aliphatic rings. The molecule has 2 N–H and O–H groups in total. The molecule has 0 atom stereocenters. The van der Waals surface area contributed by atoms with Crippen LogP contribution in [0.1, 0.15) is 5.56 Å². The van der Waals surface area contributed by atoms with Crippen molar-refractivity contribution in [3.05, 3.63) is 35.0 Å². The van der Waals surface area contributed by atoms with Crippen LogP contribution in [-0.4, -0.2) is 0 Å². The second-order valence-electron chi connectivity index (χ2n) is 2.58. The molecule has 1 heterocycles. The lowest BCUT2D eigenvalue weighted by molar-refractivity contribution is 0.639. The van der Waals surface area contributed by atoms with Crippen molar-refractivity contribution in [1.29, 1.82) is 0 Å². The van der Waals surface area contributed by atoms with Crippen LogP contribution in [0.2, 0.25) is 0 Å². The first kappa shape index (κ1) is 10.4. The third kappa shape index (κ3) is 1.68. The molecule has 2 rings (SSSR count). The standard InChI is InChI=1S/C9H8FNS.ClH/c10-7-2-1-3-8-9(7)6(4-11)5-12-8;/h1-3,5H,4,11H2;1H. The molecular formula is C9H9ClFNS. The maximum Gasteiger partial charge on any atom is 0.132 e. The summed E-state index contributed by atoms with van der Waals surface area (Å²) in [5.74, 6) is -0.172. The highest BCUT2D eigenvalue weighted by Crippen LogP contribution is 2.27. The summed E-state index contributed by atoms with van der Waals surface area (Å²) < 4.78 is 14.2. The molecule has 0 unspecified atom stereocenters. The summed E-state index contributed by atoms with van der Waals surface area (Å²) in [6.45, 7) is 0.404. The Morgan fingerprint density at radius 1 is 1.38 bits per heavy atom. The number of hydrogen-bond donors (Lipinski definition) is 1. The summed E-state index contributed by atoms with van der Waals surface area (Å²) in [5.41, 5.74) is 6.37. The summed E-state index contributed by atoms with van der Waals surface area (Å²) in [4.78, 5) is 0. The van der Waals surface area contributed by atoms with Crippen molar-refractivity contribution in [3.8, 4) is 0 Å². The molecule has 0 aliphatic carbocycles. The van der Waals surface area contributed by atoms with E-state index in [0.29, 0.717) is 11.9 Å². The van der Waals surface area contributed by atoms with Crippen LogP contribution in [-0.2, 0) is 6.54 Å². The molecule has 0 aliphatic heterocycles. The number of benzene rings is 1. The molecule has 1 aromatic heterocycles. The van der Waals surface area contributed by atoms with Gasteiger partial charge in [0.25, 0.3) is 0 Å². The summed E-state index contributed by atoms with van der Waals surface area (Å²) >= 11 is 1.53. The van der Waals surface area contributed by atoms with E-state index in [1.54, 1.807) is 6.07 Å². The molecule has 0 amide bonds. The molecular weight excluding hydrogens is 209 g/mol. The predicted molar refractivity (Wildman–Crippen MR) is 56.9 cm³/mol. The summed E-state index contributed by atoms with van der Waals surface area (Å²) in [6, 6.07) is 5.09. The van der Waals surface area contributed by atoms with E-state index in [4.69, 9.17) is 5.73 Å². The van der Waals surface area contributed by atoms with Crippen molar-refractivity contribution in [2.75, 3.05) is 0 Å². The Hall–Kier alpha value is -0.640. The topological polar surface area (TPSA) is 26.0 Å². The highest BCUT2D eigenvalue weighted by atomic mass is 35.5. The van der Waals surface area contributed by atoms with Gasteiger partial charge in [-0.05, 0) is 23.1 Å². The molecule has 0 radical (unpaired) electrons. The first-order valence-corrected chi connectivity index (χ1v) is 4.55. The Kier molecular flexibility index (Phi) is 3.25. The molecule has 13 heavy (non-hydrogen) atoms. The molecule has 2 aromatic rings. The normalized spacial score (nSPS) is 10.0. The van der Waals surface area contributed by atoms with Gasteiger partial charge in [0.05, 0.1) is 0 Å². The number of hydrogen-bond acceptors (Lipinski definition) is 2. The predicted octanol–water partition coefficient (Wildman–Crippen LogP) is 2.92. The van der Waals surface area contributed by atoms with Crippen molar-refractivity contribution in [3.63, 3.8) is 0 Å². The van der Waals surface area contributed by atoms with Crippen molar-refractivity contribution < 1.29 is 4.39 Å². The zero-order valence-electron chi connectivity index (χ0n) is 6.79. The van der Waals surface area contributed by atoms with Crippen LogP contribution >= 0.6 is 23.7 Å². The average molecular weight is 218 g/mol. The SMILES string of the molecule is Cl.NCc1csc2cccc(F)c12. The van der Waals surface area contributed by atoms with E-state index in [1.807, 2.05) is 11.4 Å². The maximum absolute atomic E-state index is 13.2. The summed E-state index contributed by atoms with van der Waals surface area (Å²) in [7, 11) is 0.